The molecule has 3 rings (SSSR count). The number of hydrogen-bond acceptors (Lipinski definition) is 5. The van der Waals surface area contributed by atoms with E-state index in [-0.39, 0.29) is 12.5 Å². The first-order chi connectivity index (χ1) is 14.1. The van der Waals surface area contributed by atoms with Crippen LogP contribution in [0.1, 0.15) is 5.56 Å². The van der Waals surface area contributed by atoms with E-state index in [2.05, 4.69) is 10.6 Å². The summed E-state index contributed by atoms with van der Waals surface area (Å²) >= 11 is 0. The van der Waals surface area contributed by atoms with E-state index in [9.17, 15) is 4.79 Å². The molecule has 3 aromatic carbocycles. The van der Waals surface area contributed by atoms with Gasteiger partial charge in [-0.2, -0.15) is 0 Å². The fourth-order valence-electron chi connectivity index (χ4n) is 2.82. The first-order valence-corrected chi connectivity index (χ1v) is 9.19. The molecule has 0 saturated heterocycles. The van der Waals surface area contributed by atoms with E-state index in [1.54, 1.807) is 20.3 Å². The average molecular weight is 392 g/mol. The highest BCUT2D eigenvalue weighted by Gasteiger charge is 2.11. The summed E-state index contributed by atoms with van der Waals surface area (Å²) in [6.45, 7) is 2.03. The second-order valence-electron chi connectivity index (χ2n) is 6.34. The minimum Gasteiger partial charge on any atom is -0.493 e. The summed E-state index contributed by atoms with van der Waals surface area (Å²) in [4.78, 5) is 12.5. The monoisotopic (exact) mass is 392 g/mol. The maximum Gasteiger partial charge on any atom is 0.243 e. The number of carbonyl (C=O) groups excluding carboxylic acids is 1. The highest BCUT2D eigenvalue weighted by Crippen LogP contribution is 2.33. The molecule has 3 aromatic rings. The molecule has 0 aliphatic rings. The van der Waals surface area contributed by atoms with Crippen LogP contribution in [-0.2, 0) is 4.79 Å². The van der Waals surface area contributed by atoms with Crippen LogP contribution in [0.5, 0.6) is 23.0 Å². The van der Waals surface area contributed by atoms with E-state index >= 15 is 0 Å². The van der Waals surface area contributed by atoms with Gasteiger partial charge in [0.1, 0.15) is 5.75 Å². The maximum absolute atomic E-state index is 12.5. The van der Waals surface area contributed by atoms with Crippen molar-refractivity contribution in [1.29, 1.82) is 0 Å². The number of methoxy groups -OCH3 is 2. The zero-order valence-corrected chi connectivity index (χ0v) is 16.7. The van der Waals surface area contributed by atoms with Crippen LogP contribution < -0.4 is 24.8 Å². The molecule has 0 bridgehead atoms. The van der Waals surface area contributed by atoms with Crippen LogP contribution >= 0.6 is 0 Å². The molecule has 150 valence electrons. The summed E-state index contributed by atoms with van der Waals surface area (Å²) in [6.07, 6.45) is 0. The van der Waals surface area contributed by atoms with Crippen LogP contribution in [-0.4, -0.2) is 26.7 Å². The van der Waals surface area contributed by atoms with Gasteiger partial charge < -0.3 is 24.8 Å². The fraction of sp³-hybridized carbons (Fsp3) is 0.174. The third-order valence-corrected chi connectivity index (χ3v) is 4.30. The van der Waals surface area contributed by atoms with Crippen LogP contribution in [0.2, 0.25) is 0 Å². The molecular formula is C23H24N2O4. The van der Waals surface area contributed by atoms with Gasteiger partial charge in [0.05, 0.1) is 26.5 Å². The summed E-state index contributed by atoms with van der Waals surface area (Å²) in [5.41, 5.74) is 2.35. The Kier molecular flexibility index (Phi) is 6.58. The van der Waals surface area contributed by atoms with Crippen molar-refractivity contribution in [1.82, 2.24) is 0 Å². The van der Waals surface area contributed by atoms with Crippen LogP contribution in [0.15, 0.2) is 66.7 Å². The number of aryl methyl sites for hydroxylation is 1. The quantitative estimate of drug-likeness (QED) is 0.573. The van der Waals surface area contributed by atoms with Crippen molar-refractivity contribution in [3.63, 3.8) is 0 Å². The molecule has 0 fully saturated rings. The summed E-state index contributed by atoms with van der Waals surface area (Å²) in [7, 11) is 3.17. The fourth-order valence-corrected chi connectivity index (χ4v) is 2.82. The summed E-state index contributed by atoms with van der Waals surface area (Å²) in [5.74, 6) is 2.33. The minimum atomic E-state index is -0.191. The van der Waals surface area contributed by atoms with E-state index in [1.165, 1.54) is 0 Å². The molecule has 29 heavy (non-hydrogen) atoms. The Balaban J connectivity index is 1.66. The van der Waals surface area contributed by atoms with Gasteiger partial charge in [-0.15, -0.1) is 0 Å². The molecule has 2 N–H and O–H groups in total. The molecule has 0 aliphatic heterocycles. The van der Waals surface area contributed by atoms with Gasteiger partial charge in [0.2, 0.25) is 5.91 Å². The highest BCUT2D eigenvalue weighted by atomic mass is 16.5. The molecule has 0 aliphatic carbocycles. The van der Waals surface area contributed by atoms with E-state index in [0.29, 0.717) is 28.7 Å². The third-order valence-electron chi connectivity index (χ3n) is 4.30. The van der Waals surface area contributed by atoms with Crippen LogP contribution in [0.4, 0.5) is 11.4 Å². The zero-order chi connectivity index (χ0) is 20.6. The van der Waals surface area contributed by atoms with Crippen LogP contribution in [0.25, 0.3) is 0 Å². The van der Waals surface area contributed by atoms with E-state index in [0.717, 1.165) is 11.3 Å². The normalized spacial score (nSPS) is 10.2. The SMILES string of the molecule is COc1cc(C)c(NCC(=O)Nc2ccccc2Oc2ccccc2)cc1OC. The number of carbonyl (C=O) groups is 1. The Labute approximate surface area is 170 Å². The Morgan fingerprint density at radius 2 is 1.48 bits per heavy atom. The molecule has 0 aromatic heterocycles. The van der Waals surface area contributed by atoms with Crippen molar-refractivity contribution >= 4 is 17.3 Å². The minimum absolute atomic E-state index is 0.0932. The maximum atomic E-state index is 12.5. The third kappa shape index (κ3) is 5.19. The lowest BCUT2D eigenvalue weighted by Crippen LogP contribution is -2.22. The highest BCUT2D eigenvalue weighted by molar-refractivity contribution is 5.95. The van der Waals surface area contributed by atoms with Crippen molar-refractivity contribution in [3.8, 4) is 23.0 Å². The molecule has 0 heterocycles. The number of nitrogens with one attached hydrogen (secondary N) is 2. The lowest BCUT2D eigenvalue weighted by molar-refractivity contribution is -0.114. The van der Waals surface area contributed by atoms with E-state index < -0.39 is 0 Å². The van der Waals surface area contributed by atoms with E-state index in [1.807, 2.05) is 67.6 Å². The molecular weight excluding hydrogens is 368 g/mol. The van der Waals surface area contributed by atoms with Crippen molar-refractivity contribution in [2.75, 3.05) is 31.4 Å². The molecule has 0 atom stereocenters. The van der Waals surface area contributed by atoms with Gasteiger partial charge in [0, 0.05) is 11.8 Å². The van der Waals surface area contributed by atoms with Gasteiger partial charge >= 0.3 is 0 Å². The van der Waals surface area contributed by atoms with Gasteiger partial charge in [-0.25, -0.2) is 0 Å². The Morgan fingerprint density at radius 3 is 2.21 bits per heavy atom. The summed E-state index contributed by atoms with van der Waals surface area (Å²) < 4.78 is 16.5. The Hall–Kier alpha value is -3.67. The topological polar surface area (TPSA) is 68.8 Å². The van der Waals surface area contributed by atoms with Gasteiger partial charge in [0.25, 0.3) is 0 Å². The van der Waals surface area contributed by atoms with Gasteiger partial charge in [-0.1, -0.05) is 30.3 Å². The standard InChI is InChI=1S/C23H24N2O4/c1-16-13-21(27-2)22(28-3)14-19(16)24-15-23(26)25-18-11-7-8-12-20(18)29-17-9-5-4-6-10-17/h4-14,24H,15H2,1-3H3,(H,25,26). The predicted molar refractivity (Wildman–Crippen MR) is 114 cm³/mol. The van der Waals surface area contributed by atoms with Crippen molar-refractivity contribution in [2.45, 2.75) is 6.92 Å². The average Bonchev–Trinajstić information content (AvgIpc) is 2.74. The number of benzene rings is 3. The summed E-state index contributed by atoms with van der Waals surface area (Å²) in [6, 6.07) is 20.4. The number of amides is 1. The predicted octanol–water partition coefficient (Wildman–Crippen LogP) is 4.86. The number of rotatable bonds is 8. The second kappa shape index (κ2) is 9.50. The number of ether oxygens (including phenoxy) is 3. The Bertz CT molecular complexity index is 974. The molecule has 0 radical (unpaired) electrons. The lowest BCUT2D eigenvalue weighted by Gasteiger charge is -2.15. The number of anilines is 2. The molecule has 6 heteroatoms. The van der Waals surface area contributed by atoms with Crippen LogP contribution in [0.3, 0.4) is 0 Å². The molecule has 0 spiro atoms. The van der Waals surface area contributed by atoms with Gasteiger partial charge in [-0.05, 0) is 42.8 Å². The lowest BCUT2D eigenvalue weighted by atomic mass is 10.1. The molecule has 6 nitrogen and oxygen atoms in total. The van der Waals surface area contributed by atoms with Gasteiger partial charge in [0.15, 0.2) is 17.2 Å². The zero-order valence-electron chi connectivity index (χ0n) is 16.7. The molecule has 0 unspecified atom stereocenters. The first-order valence-electron chi connectivity index (χ1n) is 9.19. The Morgan fingerprint density at radius 1 is 0.828 bits per heavy atom. The largest absolute Gasteiger partial charge is 0.493 e. The first kappa shape index (κ1) is 20.1. The van der Waals surface area contributed by atoms with Crippen LogP contribution in [0, 0.1) is 6.92 Å². The van der Waals surface area contributed by atoms with Gasteiger partial charge in [-0.3, -0.25) is 4.79 Å². The second-order valence-corrected chi connectivity index (χ2v) is 6.34. The van der Waals surface area contributed by atoms with Crippen molar-refractivity contribution in [2.24, 2.45) is 0 Å². The van der Waals surface area contributed by atoms with Crippen molar-refractivity contribution in [3.05, 3.63) is 72.3 Å². The molecule has 1 amide bonds. The smallest absolute Gasteiger partial charge is 0.243 e. The van der Waals surface area contributed by atoms with E-state index in [4.69, 9.17) is 14.2 Å². The molecule has 0 saturated carbocycles. The van der Waals surface area contributed by atoms with Crippen molar-refractivity contribution < 1.29 is 19.0 Å². The number of para-hydroxylation sites is 3. The number of hydrogen-bond donors (Lipinski definition) is 2. The summed E-state index contributed by atoms with van der Waals surface area (Å²) in [5, 5.41) is 6.03.